The second-order valence-corrected chi connectivity index (χ2v) is 5.28. The summed E-state index contributed by atoms with van der Waals surface area (Å²) in [5.41, 5.74) is 1.38. The molecule has 1 aliphatic rings. The van der Waals surface area contributed by atoms with E-state index in [-0.39, 0.29) is 0 Å². The number of benzene rings is 1. The highest BCUT2D eigenvalue weighted by Crippen LogP contribution is 2.26. The quantitative estimate of drug-likeness (QED) is 0.727. The van der Waals surface area contributed by atoms with Crippen LogP contribution in [0.4, 0.5) is 0 Å². The van der Waals surface area contributed by atoms with Crippen LogP contribution in [0.5, 0.6) is 5.75 Å². The van der Waals surface area contributed by atoms with Crippen LogP contribution in [0, 0.1) is 0 Å². The Morgan fingerprint density at radius 2 is 2.12 bits per heavy atom. The third-order valence-electron chi connectivity index (χ3n) is 2.83. The topological polar surface area (TPSA) is 9.23 Å². The Labute approximate surface area is 102 Å². The number of allylic oxidation sites excluding steroid dienone is 1. The molecule has 0 N–H and O–H groups in total. The highest BCUT2D eigenvalue weighted by atomic mass is 32.2. The molecule has 1 aliphatic carbocycles. The third kappa shape index (κ3) is 3.31. The normalized spacial score (nSPS) is 19.7. The average Bonchev–Trinajstić information content (AvgIpc) is 2.38. The van der Waals surface area contributed by atoms with E-state index in [0.717, 1.165) is 16.8 Å². The first-order chi connectivity index (χ1) is 7.88. The molecule has 0 radical (unpaired) electrons. The number of hydrogen-bond acceptors (Lipinski definition) is 2. The van der Waals surface area contributed by atoms with Gasteiger partial charge in [0.05, 0.1) is 7.11 Å². The van der Waals surface area contributed by atoms with Crippen molar-refractivity contribution >= 4 is 11.8 Å². The number of methoxy groups -OCH3 is 1. The minimum atomic E-state index is 0.718. The van der Waals surface area contributed by atoms with Crippen molar-refractivity contribution in [2.45, 2.75) is 30.3 Å². The molecule has 2 heteroatoms. The van der Waals surface area contributed by atoms with Gasteiger partial charge in [-0.15, -0.1) is 11.8 Å². The van der Waals surface area contributed by atoms with Crippen molar-refractivity contribution in [1.82, 2.24) is 0 Å². The standard InChI is InChI=1S/C14H18OS/c1-15-13-9-7-12(8-10-13)11-16-14-5-3-2-4-6-14/h3,5,7-10,14H,2,4,6,11H2,1H3. The summed E-state index contributed by atoms with van der Waals surface area (Å²) in [4.78, 5) is 0. The third-order valence-corrected chi connectivity index (χ3v) is 4.15. The van der Waals surface area contributed by atoms with Crippen LogP contribution in [0.2, 0.25) is 0 Å². The highest BCUT2D eigenvalue weighted by Gasteiger charge is 2.08. The van der Waals surface area contributed by atoms with E-state index in [2.05, 4.69) is 24.3 Å². The molecular weight excluding hydrogens is 216 g/mol. The summed E-state index contributed by atoms with van der Waals surface area (Å²) in [5, 5.41) is 0.718. The molecule has 2 rings (SSSR count). The maximum atomic E-state index is 5.15. The molecule has 1 aromatic carbocycles. The predicted molar refractivity (Wildman–Crippen MR) is 71.1 cm³/mol. The van der Waals surface area contributed by atoms with E-state index in [9.17, 15) is 0 Å². The van der Waals surface area contributed by atoms with Gasteiger partial charge in [-0.3, -0.25) is 0 Å². The second kappa shape index (κ2) is 6.00. The van der Waals surface area contributed by atoms with Gasteiger partial charge >= 0.3 is 0 Å². The van der Waals surface area contributed by atoms with Gasteiger partial charge in [-0.05, 0) is 37.0 Å². The fourth-order valence-corrected chi connectivity index (χ4v) is 3.00. The maximum absolute atomic E-state index is 5.15. The molecule has 0 aromatic heterocycles. The molecule has 0 saturated carbocycles. The smallest absolute Gasteiger partial charge is 0.118 e. The van der Waals surface area contributed by atoms with Gasteiger partial charge in [0.1, 0.15) is 5.75 Å². The van der Waals surface area contributed by atoms with E-state index in [1.807, 2.05) is 23.9 Å². The molecule has 0 amide bonds. The van der Waals surface area contributed by atoms with Crippen LogP contribution in [0.3, 0.4) is 0 Å². The molecule has 1 aromatic rings. The van der Waals surface area contributed by atoms with Crippen molar-refractivity contribution in [3.63, 3.8) is 0 Å². The van der Waals surface area contributed by atoms with Gasteiger partial charge in [0, 0.05) is 11.0 Å². The monoisotopic (exact) mass is 234 g/mol. The summed E-state index contributed by atoms with van der Waals surface area (Å²) >= 11 is 2.04. The van der Waals surface area contributed by atoms with Crippen LogP contribution in [-0.4, -0.2) is 12.4 Å². The van der Waals surface area contributed by atoms with Crippen molar-refractivity contribution in [2.75, 3.05) is 7.11 Å². The Morgan fingerprint density at radius 3 is 2.75 bits per heavy atom. The van der Waals surface area contributed by atoms with Gasteiger partial charge in [-0.2, -0.15) is 0 Å². The zero-order chi connectivity index (χ0) is 11.2. The minimum absolute atomic E-state index is 0.718. The average molecular weight is 234 g/mol. The minimum Gasteiger partial charge on any atom is -0.497 e. The van der Waals surface area contributed by atoms with Crippen LogP contribution >= 0.6 is 11.8 Å². The first-order valence-electron chi connectivity index (χ1n) is 5.79. The van der Waals surface area contributed by atoms with Crippen molar-refractivity contribution in [3.05, 3.63) is 42.0 Å². The maximum Gasteiger partial charge on any atom is 0.118 e. The van der Waals surface area contributed by atoms with Crippen molar-refractivity contribution < 1.29 is 4.74 Å². The lowest BCUT2D eigenvalue weighted by molar-refractivity contribution is 0.414. The van der Waals surface area contributed by atoms with Crippen LogP contribution in [0.25, 0.3) is 0 Å². The Balaban J connectivity index is 1.84. The molecule has 0 saturated heterocycles. The Morgan fingerprint density at radius 1 is 1.31 bits per heavy atom. The van der Waals surface area contributed by atoms with Gasteiger partial charge < -0.3 is 4.74 Å². The van der Waals surface area contributed by atoms with Crippen LogP contribution in [0.15, 0.2) is 36.4 Å². The summed E-state index contributed by atoms with van der Waals surface area (Å²) in [6.45, 7) is 0. The fraction of sp³-hybridized carbons (Fsp3) is 0.429. The van der Waals surface area contributed by atoms with E-state index in [1.165, 1.54) is 24.8 Å². The van der Waals surface area contributed by atoms with Gasteiger partial charge in [-0.1, -0.05) is 24.3 Å². The molecule has 0 fully saturated rings. The van der Waals surface area contributed by atoms with E-state index >= 15 is 0 Å². The van der Waals surface area contributed by atoms with E-state index in [1.54, 1.807) is 7.11 Å². The first-order valence-corrected chi connectivity index (χ1v) is 6.84. The van der Waals surface area contributed by atoms with E-state index in [4.69, 9.17) is 4.74 Å². The molecular formula is C14H18OS. The lowest BCUT2D eigenvalue weighted by atomic mass is 10.1. The SMILES string of the molecule is COc1ccc(CSC2C=CCCC2)cc1. The van der Waals surface area contributed by atoms with Crippen LogP contribution in [0.1, 0.15) is 24.8 Å². The molecule has 0 aliphatic heterocycles. The van der Waals surface area contributed by atoms with Gasteiger partial charge in [0.2, 0.25) is 0 Å². The highest BCUT2D eigenvalue weighted by molar-refractivity contribution is 7.99. The summed E-state index contributed by atoms with van der Waals surface area (Å²) in [5.74, 6) is 2.03. The van der Waals surface area contributed by atoms with Crippen molar-refractivity contribution in [3.8, 4) is 5.75 Å². The Kier molecular flexibility index (Phi) is 4.34. The summed E-state index contributed by atoms with van der Waals surface area (Å²) < 4.78 is 5.15. The van der Waals surface area contributed by atoms with E-state index < -0.39 is 0 Å². The van der Waals surface area contributed by atoms with Gasteiger partial charge in [0.25, 0.3) is 0 Å². The largest absolute Gasteiger partial charge is 0.497 e. The van der Waals surface area contributed by atoms with Crippen molar-refractivity contribution in [2.24, 2.45) is 0 Å². The molecule has 0 spiro atoms. The van der Waals surface area contributed by atoms with Crippen molar-refractivity contribution in [1.29, 1.82) is 0 Å². The molecule has 1 atom stereocenters. The Hall–Kier alpha value is -0.890. The summed E-state index contributed by atoms with van der Waals surface area (Å²) in [7, 11) is 1.70. The molecule has 1 nitrogen and oxygen atoms in total. The Bertz CT molecular complexity index is 342. The molecule has 16 heavy (non-hydrogen) atoms. The zero-order valence-corrected chi connectivity index (χ0v) is 10.5. The van der Waals surface area contributed by atoms with Gasteiger partial charge in [-0.25, -0.2) is 0 Å². The fourth-order valence-electron chi connectivity index (χ4n) is 1.85. The second-order valence-electron chi connectivity index (χ2n) is 4.06. The lowest BCUT2D eigenvalue weighted by Crippen LogP contribution is -2.02. The van der Waals surface area contributed by atoms with Crippen LogP contribution < -0.4 is 4.74 Å². The number of thioether (sulfide) groups is 1. The molecule has 86 valence electrons. The molecule has 1 unspecified atom stereocenters. The summed E-state index contributed by atoms with van der Waals surface area (Å²) in [6.07, 6.45) is 8.61. The molecule has 0 bridgehead atoms. The number of ether oxygens (including phenoxy) is 1. The lowest BCUT2D eigenvalue weighted by Gasteiger charge is -2.15. The number of hydrogen-bond donors (Lipinski definition) is 0. The van der Waals surface area contributed by atoms with Gasteiger partial charge in [0.15, 0.2) is 0 Å². The first kappa shape index (κ1) is 11.6. The van der Waals surface area contributed by atoms with Crippen LogP contribution in [-0.2, 0) is 5.75 Å². The summed E-state index contributed by atoms with van der Waals surface area (Å²) in [6, 6.07) is 8.37. The predicted octanol–water partition coefficient (Wildman–Crippen LogP) is 4.04. The number of rotatable bonds is 4. The molecule has 0 heterocycles. The zero-order valence-electron chi connectivity index (χ0n) is 9.69. The van der Waals surface area contributed by atoms with E-state index in [0.29, 0.717) is 0 Å².